The van der Waals surface area contributed by atoms with E-state index in [0.717, 1.165) is 29.9 Å². The number of carbonyl (C=O) groups excluding carboxylic acids is 1. The van der Waals surface area contributed by atoms with Crippen molar-refractivity contribution in [1.82, 2.24) is 24.5 Å². The molecule has 1 aliphatic carbocycles. The number of hydrogen-bond donors (Lipinski definition) is 2. The van der Waals surface area contributed by atoms with Gasteiger partial charge in [-0.05, 0) is 61.7 Å². The van der Waals surface area contributed by atoms with E-state index in [2.05, 4.69) is 41.0 Å². The molecule has 1 aliphatic rings. The van der Waals surface area contributed by atoms with Gasteiger partial charge in [-0.3, -0.25) is 4.79 Å². The molecule has 4 rings (SSSR count). The third-order valence-corrected chi connectivity index (χ3v) is 8.44. The van der Waals surface area contributed by atoms with Gasteiger partial charge in [0.15, 0.2) is 11.6 Å². The maximum atomic E-state index is 12.6. The van der Waals surface area contributed by atoms with Crippen LogP contribution in [0.1, 0.15) is 56.9 Å². The van der Waals surface area contributed by atoms with Crippen LogP contribution in [0.4, 0.5) is 11.6 Å². The minimum absolute atomic E-state index is 0.140. The fourth-order valence-corrected chi connectivity index (χ4v) is 6.07. The first-order valence-electron chi connectivity index (χ1n) is 9.97. The highest BCUT2D eigenvalue weighted by atomic mass is 79.9. The number of halogens is 1. The second-order valence-electron chi connectivity index (χ2n) is 8.65. The van der Waals surface area contributed by atoms with E-state index >= 15 is 0 Å². The van der Waals surface area contributed by atoms with Gasteiger partial charge < -0.3 is 5.32 Å². The Hall–Kier alpha value is -2.15. The average molecular weight is 539 g/mol. The molecule has 0 unspecified atom stereocenters. The largest absolute Gasteiger partial charge is 0.322 e. The third kappa shape index (κ3) is 5.08. The Balaban J connectivity index is 1.61. The first kappa shape index (κ1) is 23.0. The fourth-order valence-electron chi connectivity index (χ4n) is 3.11. The Bertz CT molecular complexity index is 1290. The van der Waals surface area contributed by atoms with Gasteiger partial charge in [-0.25, -0.2) is 27.8 Å². The van der Waals surface area contributed by atoms with Crippen molar-refractivity contribution in [3.8, 4) is 10.7 Å². The molecular weight excluding hydrogens is 516 g/mol. The van der Waals surface area contributed by atoms with Crippen LogP contribution in [0.5, 0.6) is 0 Å². The van der Waals surface area contributed by atoms with Crippen molar-refractivity contribution in [3.05, 3.63) is 34.6 Å². The molecule has 0 saturated heterocycles. The third-order valence-electron chi connectivity index (χ3n) is 4.53. The molecule has 0 aliphatic heterocycles. The summed E-state index contributed by atoms with van der Waals surface area (Å²) in [6.07, 6.45) is 3.69. The van der Waals surface area contributed by atoms with Crippen LogP contribution < -0.4 is 10.0 Å². The summed E-state index contributed by atoms with van der Waals surface area (Å²) in [6, 6.07) is 5.09. The van der Waals surface area contributed by atoms with Crippen molar-refractivity contribution >= 4 is 54.8 Å². The molecular formula is C20H23BrN6O3S2. The molecule has 0 atom stereocenters. The molecule has 0 aromatic carbocycles. The molecule has 1 fully saturated rings. The van der Waals surface area contributed by atoms with Gasteiger partial charge in [-0.2, -0.15) is 0 Å². The SMILES string of the molecule is CC(=O)n1nc(Nc2nc(-c3ccc(S(=O)(=O)NC(C)(C)C)s3)ncc2Br)cc1C1CC1. The quantitative estimate of drug-likeness (QED) is 0.473. The Morgan fingerprint density at radius 2 is 2.00 bits per heavy atom. The van der Waals surface area contributed by atoms with Gasteiger partial charge in [0.1, 0.15) is 10.0 Å². The van der Waals surface area contributed by atoms with Crippen molar-refractivity contribution in [2.45, 2.75) is 56.2 Å². The van der Waals surface area contributed by atoms with Crippen molar-refractivity contribution < 1.29 is 13.2 Å². The highest BCUT2D eigenvalue weighted by Crippen LogP contribution is 2.41. The van der Waals surface area contributed by atoms with Crippen LogP contribution in [-0.2, 0) is 10.0 Å². The summed E-state index contributed by atoms with van der Waals surface area (Å²) in [5.41, 5.74) is 0.307. The van der Waals surface area contributed by atoms with Crippen LogP contribution in [0, 0.1) is 0 Å². The van der Waals surface area contributed by atoms with E-state index in [0.29, 0.717) is 32.7 Å². The molecule has 0 radical (unpaired) electrons. The Labute approximate surface area is 198 Å². The predicted octanol–water partition coefficient (Wildman–Crippen LogP) is 4.52. The van der Waals surface area contributed by atoms with E-state index in [1.54, 1.807) is 39.1 Å². The number of nitrogens with zero attached hydrogens (tertiary/aromatic N) is 4. The van der Waals surface area contributed by atoms with E-state index < -0.39 is 15.6 Å². The monoisotopic (exact) mass is 538 g/mol. The zero-order valence-electron chi connectivity index (χ0n) is 18.0. The van der Waals surface area contributed by atoms with Gasteiger partial charge in [0, 0.05) is 30.6 Å². The summed E-state index contributed by atoms with van der Waals surface area (Å²) in [7, 11) is -3.64. The lowest BCUT2D eigenvalue weighted by atomic mass is 10.1. The van der Waals surface area contributed by atoms with Crippen molar-refractivity contribution in [2.75, 3.05) is 5.32 Å². The normalized spacial score (nSPS) is 14.5. The Morgan fingerprint density at radius 1 is 1.28 bits per heavy atom. The molecule has 12 heteroatoms. The number of anilines is 2. The van der Waals surface area contributed by atoms with E-state index in [1.807, 2.05) is 6.07 Å². The molecule has 32 heavy (non-hydrogen) atoms. The molecule has 3 aromatic heterocycles. The lowest BCUT2D eigenvalue weighted by molar-refractivity contribution is 0.0917. The van der Waals surface area contributed by atoms with Crippen LogP contribution in [0.3, 0.4) is 0 Å². The number of thiophene rings is 1. The predicted molar refractivity (Wildman–Crippen MR) is 127 cm³/mol. The average Bonchev–Trinajstić information content (AvgIpc) is 3.22. The zero-order chi connectivity index (χ0) is 23.3. The summed E-state index contributed by atoms with van der Waals surface area (Å²) in [5.74, 6) is 1.58. The first-order chi connectivity index (χ1) is 14.9. The number of rotatable bonds is 6. The zero-order valence-corrected chi connectivity index (χ0v) is 21.2. The summed E-state index contributed by atoms with van der Waals surface area (Å²) < 4.78 is 30.1. The molecule has 1 saturated carbocycles. The lowest BCUT2D eigenvalue weighted by Gasteiger charge is -2.19. The van der Waals surface area contributed by atoms with Gasteiger partial charge in [0.2, 0.25) is 5.91 Å². The summed E-state index contributed by atoms with van der Waals surface area (Å²) >= 11 is 4.53. The van der Waals surface area contributed by atoms with Crippen molar-refractivity contribution in [1.29, 1.82) is 0 Å². The van der Waals surface area contributed by atoms with Crippen molar-refractivity contribution in [3.63, 3.8) is 0 Å². The van der Waals surface area contributed by atoms with Gasteiger partial charge in [-0.1, -0.05) is 0 Å². The maximum Gasteiger partial charge on any atom is 0.250 e. The second kappa shape index (κ2) is 8.32. The van der Waals surface area contributed by atoms with Crippen LogP contribution in [0.25, 0.3) is 10.7 Å². The second-order valence-corrected chi connectivity index (χ2v) is 12.5. The van der Waals surface area contributed by atoms with Gasteiger partial charge >= 0.3 is 0 Å². The molecule has 3 heterocycles. The van der Waals surface area contributed by atoms with Gasteiger partial charge in [0.25, 0.3) is 10.0 Å². The Kier molecular flexibility index (Phi) is 5.99. The maximum absolute atomic E-state index is 12.6. The highest BCUT2D eigenvalue weighted by molar-refractivity contribution is 9.10. The molecule has 9 nitrogen and oxygen atoms in total. The van der Waals surface area contributed by atoms with Crippen molar-refractivity contribution in [2.24, 2.45) is 0 Å². The van der Waals surface area contributed by atoms with E-state index in [1.165, 1.54) is 11.6 Å². The number of hydrogen-bond acceptors (Lipinski definition) is 8. The lowest BCUT2D eigenvalue weighted by Crippen LogP contribution is -2.40. The fraction of sp³-hybridized carbons (Fsp3) is 0.400. The standard InChI is InChI=1S/C20H23BrN6O3S2/c1-11(28)27-14(12-5-6-12)9-16(25-27)23-18-13(21)10-22-19(24-18)15-7-8-17(31-15)32(29,30)26-20(2,3)4/h7-10,12,26H,5-6H2,1-4H3,(H,22,23,24,25). The molecule has 3 aromatic rings. The number of nitrogens with one attached hydrogen (secondary N) is 2. The summed E-state index contributed by atoms with van der Waals surface area (Å²) in [4.78, 5) is 21.4. The van der Waals surface area contributed by atoms with Crippen LogP contribution >= 0.6 is 27.3 Å². The summed E-state index contributed by atoms with van der Waals surface area (Å²) in [6.45, 7) is 6.85. The van der Waals surface area contributed by atoms with Crippen LogP contribution in [-0.4, -0.2) is 39.6 Å². The minimum atomic E-state index is -3.64. The smallest absolute Gasteiger partial charge is 0.250 e. The highest BCUT2D eigenvalue weighted by Gasteiger charge is 2.29. The van der Waals surface area contributed by atoms with E-state index in [9.17, 15) is 13.2 Å². The number of sulfonamides is 1. The van der Waals surface area contributed by atoms with Gasteiger partial charge in [0.05, 0.1) is 15.0 Å². The molecule has 0 spiro atoms. The summed E-state index contributed by atoms with van der Waals surface area (Å²) in [5, 5.41) is 7.51. The molecule has 170 valence electrons. The molecule has 0 amide bonds. The van der Waals surface area contributed by atoms with Gasteiger partial charge in [-0.15, -0.1) is 16.4 Å². The Morgan fingerprint density at radius 3 is 2.62 bits per heavy atom. The minimum Gasteiger partial charge on any atom is -0.322 e. The first-order valence-corrected chi connectivity index (χ1v) is 13.1. The van der Waals surface area contributed by atoms with E-state index in [-0.39, 0.29) is 10.1 Å². The molecule has 2 N–H and O–H groups in total. The van der Waals surface area contributed by atoms with E-state index in [4.69, 9.17) is 0 Å². The van der Waals surface area contributed by atoms with Crippen LogP contribution in [0.2, 0.25) is 0 Å². The topological polar surface area (TPSA) is 119 Å². The number of carbonyl (C=O) groups is 1. The number of aromatic nitrogens is 4. The van der Waals surface area contributed by atoms with Crippen LogP contribution in [0.15, 0.2) is 33.1 Å². The molecule has 0 bridgehead atoms.